The molecule has 162 valence electrons. The van der Waals surface area contributed by atoms with Gasteiger partial charge in [-0.25, -0.2) is 23.4 Å². The number of sulfonamides is 1. The molecule has 32 heavy (non-hydrogen) atoms. The van der Waals surface area contributed by atoms with Gasteiger partial charge in [-0.05, 0) is 49.7 Å². The largest absolute Gasteiger partial charge is 0.339 e. The number of thiophene rings is 1. The van der Waals surface area contributed by atoms with Crippen LogP contribution in [-0.2, 0) is 10.0 Å². The number of fused-ring (bicyclic) bond motifs is 1. The summed E-state index contributed by atoms with van der Waals surface area (Å²) < 4.78 is 28.4. The van der Waals surface area contributed by atoms with E-state index in [9.17, 15) is 8.42 Å². The lowest BCUT2D eigenvalue weighted by Crippen LogP contribution is -2.18. The molecule has 0 unspecified atom stereocenters. The maximum atomic E-state index is 12.5. The van der Waals surface area contributed by atoms with Gasteiger partial charge in [-0.1, -0.05) is 11.8 Å². The minimum absolute atomic E-state index is 0.153. The second-order valence-corrected chi connectivity index (χ2v) is 10.7. The summed E-state index contributed by atoms with van der Waals surface area (Å²) in [7, 11) is -3.69. The molecule has 0 bridgehead atoms. The van der Waals surface area contributed by atoms with Gasteiger partial charge in [0.25, 0.3) is 10.0 Å². The Hall–Kier alpha value is -3.04. The summed E-state index contributed by atoms with van der Waals surface area (Å²) >= 11 is 2.76. The van der Waals surface area contributed by atoms with E-state index in [2.05, 4.69) is 42.1 Å². The van der Waals surface area contributed by atoms with E-state index >= 15 is 0 Å². The molecule has 4 heterocycles. The van der Waals surface area contributed by atoms with E-state index in [0.29, 0.717) is 10.9 Å². The number of benzene rings is 1. The quantitative estimate of drug-likeness (QED) is 0.371. The van der Waals surface area contributed by atoms with Crippen molar-refractivity contribution < 1.29 is 8.42 Å². The van der Waals surface area contributed by atoms with Crippen LogP contribution in [0.15, 0.2) is 53.1 Å². The number of hydrogen-bond donors (Lipinski definition) is 3. The third-order valence-electron chi connectivity index (χ3n) is 4.82. The van der Waals surface area contributed by atoms with E-state index < -0.39 is 10.0 Å². The fraction of sp³-hybridized carbons (Fsp3) is 0.190. The van der Waals surface area contributed by atoms with Crippen molar-refractivity contribution in [3.63, 3.8) is 0 Å². The van der Waals surface area contributed by atoms with Gasteiger partial charge in [0, 0.05) is 17.3 Å². The van der Waals surface area contributed by atoms with Gasteiger partial charge in [0.1, 0.15) is 6.33 Å². The average Bonchev–Trinajstić information content (AvgIpc) is 3.54. The zero-order valence-corrected chi connectivity index (χ0v) is 19.1. The summed E-state index contributed by atoms with van der Waals surface area (Å²) in [6.45, 7) is 1.02. The van der Waals surface area contributed by atoms with Crippen LogP contribution in [0.3, 0.4) is 0 Å². The number of anilines is 3. The fourth-order valence-electron chi connectivity index (χ4n) is 3.27. The smallest absolute Gasteiger partial charge is 0.263 e. The Balaban J connectivity index is 1.35. The standard InChI is InChI=1S/C21H18N6O2S3/c28-32(29,27-21-23-10-11-30-21)17-7-4-15(5-8-17)26-20-19-18(24-13-25-20)12-16(31-19)6-3-14-2-1-9-22-14/h4-5,7-8,10-14,22H,1-2,9H2,(H,23,27)(H,24,25,26)/t14-/m1/s1. The first-order chi connectivity index (χ1) is 15.6. The summed E-state index contributed by atoms with van der Waals surface area (Å²) in [5.74, 6) is 7.18. The van der Waals surface area contributed by atoms with Gasteiger partial charge < -0.3 is 10.6 Å². The Bertz CT molecular complexity index is 1400. The number of hydrogen-bond acceptors (Lipinski definition) is 9. The molecule has 1 aliphatic heterocycles. The van der Waals surface area contributed by atoms with Crippen molar-refractivity contribution >= 4 is 59.6 Å². The highest BCUT2D eigenvalue weighted by atomic mass is 32.2. The second kappa shape index (κ2) is 8.84. The molecule has 0 spiro atoms. The minimum Gasteiger partial charge on any atom is -0.339 e. The van der Waals surface area contributed by atoms with Crippen LogP contribution < -0.4 is 15.4 Å². The van der Waals surface area contributed by atoms with Crippen LogP contribution in [-0.4, -0.2) is 36.0 Å². The number of rotatable bonds is 5. The summed E-state index contributed by atoms with van der Waals surface area (Å²) in [5, 5.41) is 8.67. The van der Waals surface area contributed by atoms with E-state index in [-0.39, 0.29) is 10.9 Å². The van der Waals surface area contributed by atoms with E-state index in [1.807, 2.05) is 6.07 Å². The SMILES string of the molecule is O=S(=O)(Nc1nccs1)c1ccc(Nc2ncnc3cc(C#C[C@H]4CCCN4)sc23)cc1. The molecule has 4 aromatic rings. The lowest BCUT2D eigenvalue weighted by atomic mass is 10.2. The number of thiazole rings is 1. The first-order valence-electron chi connectivity index (χ1n) is 9.86. The topological polar surface area (TPSA) is 109 Å². The van der Waals surface area contributed by atoms with Crippen molar-refractivity contribution in [2.24, 2.45) is 0 Å². The second-order valence-electron chi connectivity index (χ2n) is 7.06. The van der Waals surface area contributed by atoms with Gasteiger partial charge >= 0.3 is 0 Å². The van der Waals surface area contributed by atoms with Crippen molar-refractivity contribution in [2.75, 3.05) is 16.6 Å². The van der Waals surface area contributed by atoms with Crippen LogP contribution in [0.2, 0.25) is 0 Å². The van der Waals surface area contributed by atoms with Crippen LogP contribution in [0.4, 0.5) is 16.6 Å². The molecule has 1 fully saturated rings. The third kappa shape index (κ3) is 4.58. The molecule has 5 rings (SSSR count). The molecule has 3 aromatic heterocycles. The van der Waals surface area contributed by atoms with E-state index in [1.54, 1.807) is 23.7 Å². The predicted octanol–water partition coefficient (Wildman–Crippen LogP) is 3.80. The Morgan fingerprint density at radius 1 is 1.16 bits per heavy atom. The van der Waals surface area contributed by atoms with Gasteiger partial charge in [-0.3, -0.25) is 4.72 Å². The highest BCUT2D eigenvalue weighted by molar-refractivity contribution is 7.93. The highest BCUT2D eigenvalue weighted by Crippen LogP contribution is 2.31. The molecule has 1 atom stereocenters. The number of nitrogens with zero attached hydrogens (tertiary/aromatic N) is 3. The molecule has 1 aliphatic rings. The fourth-order valence-corrected chi connectivity index (χ4v) is 5.98. The summed E-state index contributed by atoms with van der Waals surface area (Å²) in [6.07, 6.45) is 5.29. The Morgan fingerprint density at radius 2 is 2.03 bits per heavy atom. The van der Waals surface area contributed by atoms with E-state index in [4.69, 9.17) is 0 Å². The Kier molecular flexibility index (Phi) is 5.75. The zero-order chi connectivity index (χ0) is 22.0. The van der Waals surface area contributed by atoms with Gasteiger partial charge in [0.05, 0.1) is 26.0 Å². The molecule has 0 saturated carbocycles. The number of aromatic nitrogens is 3. The molecule has 11 heteroatoms. The molecule has 0 amide bonds. The van der Waals surface area contributed by atoms with Crippen molar-refractivity contribution in [2.45, 2.75) is 23.8 Å². The highest BCUT2D eigenvalue weighted by Gasteiger charge is 2.16. The summed E-state index contributed by atoms with van der Waals surface area (Å²) in [5.41, 5.74) is 1.54. The monoisotopic (exact) mass is 482 g/mol. The van der Waals surface area contributed by atoms with Crippen molar-refractivity contribution in [3.8, 4) is 11.8 Å². The molecule has 8 nitrogen and oxygen atoms in total. The van der Waals surface area contributed by atoms with Crippen LogP contribution in [0.5, 0.6) is 0 Å². The molecule has 1 saturated heterocycles. The molecule has 1 aromatic carbocycles. The lowest BCUT2D eigenvalue weighted by Gasteiger charge is -2.08. The Morgan fingerprint density at radius 3 is 2.78 bits per heavy atom. The first-order valence-corrected chi connectivity index (χ1v) is 13.0. The Labute approximate surface area is 193 Å². The lowest BCUT2D eigenvalue weighted by molar-refractivity contribution is 0.601. The summed E-state index contributed by atoms with van der Waals surface area (Å²) in [4.78, 5) is 13.8. The van der Waals surface area contributed by atoms with E-state index in [0.717, 1.165) is 40.2 Å². The van der Waals surface area contributed by atoms with Gasteiger partial charge in [-0.15, -0.1) is 22.7 Å². The summed E-state index contributed by atoms with van der Waals surface area (Å²) in [6, 6.07) is 8.69. The third-order valence-corrected chi connectivity index (χ3v) is 8.04. The molecular weight excluding hydrogens is 464 g/mol. The van der Waals surface area contributed by atoms with Crippen molar-refractivity contribution in [3.05, 3.63) is 53.1 Å². The first kappa shape index (κ1) is 20.8. The molecule has 3 N–H and O–H groups in total. The minimum atomic E-state index is -3.69. The molecule has 0 radical (unpaired) electrons. The van der Waals surface area contributed by atoms with Crippen LogP contribution in [0, 0.1) is 11.8 Å². The zero-order valence-electron chi connectivity index (χ0n) is 16.7. The molecule has 0 aliphatic carbocycles. The van der Waals surface area contributed by atoms with Crippen molar-refractivity contribution in [1.82, 2.24) is 20.3 Å². The van der Waals surface area contributed by atoms with Gasteiger partial charge in [0.2, 0.25) is 0 Å². The van der Waals surface area contributed by atoms with Gasteiger partial charge in [-0.2, -0.15) is 0 Å². The normalized spacial score (nSPS) is 15.9. The van der Waals surface area contributed by atoms with Crippen LogP contribution in [0.25, 0.3) is 10.2 Å². The maximum Gasteiger partial charge on any atom is 0.263 e. The number of nitrogens with one attached hydrogen (secondary N) is 3. The van der Waals surface area contributed by atoms with Crippen molar-refractivity contribution in [1.29, 1.82) is 0 Å². The van der Waals surface area contributed by atoms with Crippen LogP contribution >= 0.6 is 22.7 Å². The van der Waals surface area contributed by atoms with Crippen LogP contribution in [0.1, 0.15) is 17.7 Å². The predicted molar refractivity (Wildman–Crippen MR) is 128 cm³/mol. The van der Waals surface area contributed by atoms with E-state index in [1.165, 1.54) is 41.1 Å². The molecular formula is C21H18N6O2S3. The van der Waals surface area contributed by atoms with Gasteiger partial charge in [0.15, 0.2) is 10.9 Å². The maximum absolute atomic E-state index is 12.5. The average molecular weight is 483 g/mol.